The van der Waals surface area contributed by atoms with Crippen molar-refractivity contribution in [2.24, 2.45) is 5.92 Å². The van der Waals surface area contributed by atoms with Crippen LogP contribution in [0.25, 0.3) is 0 Å². The first-order chi connectivity index (χ1) is 8.74. The maximum Gasteiger partial charge on any atom is 0.320 e. The summed E-state index contributed by atoms with van der Waals surface area (Å²) in [6.07, 6.45) is 0. The summed E-state index contributed by atoms with van der Waals surface area (Å²) in [5.74, 6) is -0.627. The van der Waals surface area contributed by atoms with Gasteiger partial charge >= 0.3 is 5.97 Å². The lowest BCUT2D eigenvalue weighted by molar-refractivity contribution is -0.143. The van der Waals surface area contributed by atoms with E-state index in [1.54, 1.807) is 11.8 Å². The molecule has 0 aromatic carbocycles. The van der Waals surface area contributed by atoms with Crippen LogP contribution in [0.5, 0.6) is 0 Å². The van der Waals surface area contributed by atoms with Gasteiger partial charge in [-0.1, -0.05) is 13.8 Å². The average Bonchev–Trinajstić information content (AvgIpc) is 2.35. The number of nitrogens with zero attached hydrogens (tertiary/aromatic N) is 2. The van der Waals surface area contributed by atoms with Crippen LogP contribution in [0, 0.1) is 5.92 Å². The van der Waals surface area contributed by atoms with Crippen molar-refractivity contribution < 1.29 is 18.3 Å². The summed E-state index contributed by atoms with van der Waals surface area (Å²) in [7, 11) is -3.44. The predicted molar refractivity (Wildman–Crippen MR) is 72.0 cm³/mol. The number of rotatable bonds is 6. The Hall–Kier alpha value is -0.700. The zero-order valence-electron chi connectivity index (χ0n) is 11.7. The second-order valence-corrected chi connectivity index (χ2v) is 6.95. The first kappa shape index (κ1) is 16.4. The molecule has 1 atom stereocenters. The number of carbonyl (C=O) groups is 1. The van der Waals surface area contributed by atoms with Gasteiger partial charge in [0, 0.05) is 32.7 Å². The largest absolute Gasteiger partial charge is 0.480 e. The Morgan fingerprint density at radius 1 is 1.21 bits per heavy atom. The van der Waals surface area contributed by atoms with Crippen molar-refractivity contribution >= 4 is 16.2 Å². The Morgan fingerprint density at radius 3 is 2.16 bits per heavy atom. The number of carboxylic acids is 1. The minimum Gasteiger partial charge on any atom is -0.480 e. The Bertz CT molecular complexity index is 402. The van der Waals surface area contributed by atoms with Gasteiger partial charge in [0.25, 0.3) is 10.2 Å². The molecule has 19 heavy (non-hydrogen) atoms. The van der Waals surface area contributed by atoms with Crippen LogP contribution in [-0.4, -0.2) is 67.5 Å². The normalized spacial score (nSPS) is 20.6. The fourth-order valence-corrected chi connectivity index (χ4v) is 3.22. The summed E-state index contributed by atoms with van der Waals surface area (Å²) < 4.78 is 27.9. The van der Waals surface area contributed by atoms with Gasteiger partial charge in [0.2, 0.25) is 0 Å². The molecule has 1 saturated heterocycles. The van der Waals surface area contributed by atoms with Crippen LogP contribution in [0.15, 0.2) is 0 Å². The average molecular weight is 293 g/mol. The third-order valence-electron chi connectivity index (χ3n) is 3.19. The summed E-state index contributed by atoms with van der Waals surface area (Å²) in [6, 6.07) is -0.575. The molecule has 0 aromatic rings. The zero-order chi connectivity index (χ0) is 14.6. The standard InChI is InChI=1S/C11H23N3O4S/c1-9(2)8-12-19(17,18)14-6-4-13(5-7-14)10(3)11(15)16/h9-10,12H,4-8H2,1-3H3,(H,15,16). The smallest absolute Gasteiger partial charge is 0.320 e. The molecule has 2 N–H and O–H groups in total. The molecule has 0 aromatic heterocycles. The summed E-state index contributed by atoms with van der Waals surface area (Å²) in [6.45, 7) is 7.43. The van der Waals surface area contributed by atoms with Gasteiger partial charge in [-0.15, -0.1) is 0 Å². The maximum atomic E-state index is 12.0. The van der Waals surface area contributed by atoms with Crippen LogP contribution in [0.4, 0.5) is 0 Å². The van der Waals surface area contributed by atoms with Crippen molar-refractivity contribution in [1.29, 1.82) is 0 Å². The topological polar surface area (TPSA) is 90.0 Å². The number of hydrogen-bond donors (Lipinski definition) is 2. The molecule has 7 nitrogen and oxygen atoms in total. The van der Waals surface area contributed by atoms with E-state index in [1.165, 1.54) is 4.31 Å². The lowest BCUT2D eigenvalue weighted by Crippen LogP contribution is -2.55. The quantitative estimate of drug-likeness (QED) is 0.693. The summed E-state index contributed by atoms with van der Waals surface area (Å²) in [4.78, 5) is 12.6. The molecule has 1 aliphatic rings. The van der Waals surface area contributed by atoms with E-state index < -0.39 is 22.2 Å². The lowest BCUT2D eigenvalue weighted by Gasteiger charge is -2.35. The van der Waals surface area contributed by atoms with Gasteiger partial charge in [0.15, 0.2) is 0 Å². The molecule has 0 amide bonds. The third kappa shape index (κ3) is 4.72. The molecule has 8 heteroatoms. The zero-order valence-corrected chi connectivity index (χ0v) is 12.5. The number of hydrogen-bond acceptors (Lipinski definition) is 4. The van der Waals surface area contributed by atoms with Crippen molar-refractivity contribution in [3.63, 3.8) is 0 Å². The highest BCUT2D eigenvalue weighted by atomic mass is 32.2. The lowest BCUT2D eigenvalue weighted by atomic mass is 10.2. The van der Waals surface area contributed by atoms with E-state index in [0.29, 0.717) is 32.7 Å². The molecular weight excluding hydrogens is 270 g/mol. The summed E-state index contributed by atoms with van der Waals surface area (Å²) >= 11 is 0. The molecular formula is C11H23N3O4S. The molecule has 112 valence electrons. The second kappa shape index (κ2) is 6.65. The first-order valence-corrected chi connectivity index (χ1v) is 7.89. The number of aliphatic carboxylic acids is 1. The molecule has 1 rings (SSSR count). The highest BCUT2D eigenvalue weighted by Gasteiger charge is 2.30. The molecule has 1 heterocycles. The van der Waals surface area contributed by atoms with E-state index in [1.807, 2.05) is 13.8 Å². The minimum absolute atomic E-state index is 0.253. The van der Waals surface area contributed by atoms with Gasteiger partial charge in [-0.05, 0) is 12.8 Å². The highest BCUT2D eigenvalue weighted by Crippen LogP contribution is 2.09. The van der Waals surface area contributed by atoms with Gasteiger partial charge in [0.05, 0.1) is 0 Å². The van der Waals surface area contributed by atoms with Gasteiger partial charge in [0.1, 0.15) is 6.04 Å². The minimum atomic E-state index is -3.44. The van der Waals surface area contributed by atoms with Crippen LogP contribution in [-0.2, 0) is 15.0 Å². The van der Waals surface area contributed by atoms with E-state index in [0.717, 1.165) is 0 Å². The van der Waals surface area contributed by atoms with E-state index >= 15 is 0 Å². The monoisotopic (exact) mass is 293 g/mol. The Labute approximate surface area is 114 Å². The third-order valence-corrected chi connectivity index (χ3v) is 4.77. The highest BCUT2D eigenvalue weighted by molar-refractivity contribution is 7.87. The summed E-state index contributed by atoms with van der Waals surface area (Å²) in [5.41, 5.74) is 0. The van der Waals surface area contributed by atoms with Crippen LogP contribution >= 0.6 is 0 Å². The molecule has 0 bridgehead atoms. The van der Waals surface area contributed by atoms with Crippen molar-refractivity contribution in [1.82, 2.24) is 13.9 Å². The van der Waals surface area contributed by atoms with Crippen LogP contribution in [0.2, 0.25) is 0 Å². The predicted octanol–water partition coefficient (Wildman–Crippen LogP) is -0.432. The maximum absolute atomic E-state index is 12.0. The van der Waals surface area contributed by atoms with Crippen molar-refractivity contribution in [3.8, 4) is 0 Å². The van der Waals surface area contributed by atoms with E-state index in [4.69, 9.17) is 5.11 Å². The Kier molecular flexibility index (Phi) is 5.72. The second-order valence-electron chi connectivity index (χ2n) is 5.20. The Balaban J connectivity index is 2.51. The van der Waals surface area contributed by atoms with E-state index in [9.17, 15) is 13.2 Å². The van der Waals surface area contributed by atoms with Crippen molar-refractivity contribution in [2.75, 3.05) is 32.7 Å². The summed E-state index contributed by atoms with van der Waals surface area (Å²) in [5, 5.41) is 8.92. The Morgan fingerprint density at radius 2 is 1.74 bits per heavy atom. The van der Waals surface area contributed by atoms with E-state index in [2.05, 4.69) is 4.72 Å². The van der Waals surface area contributed by atoms with Crippen LogP contribution in [0.1, 0.15) is 20.8 Å². The molecule has 1 aliphatic heterocycles. The number of piperazine rings is 1. The SMILES string of the molecule is CC(C)CNS(=O)(=O)N1CCN(C(C)C(=O)O)CC1. The number of carboxylic acid groups (broad SMARTS) is 1. The van der Waals surface area contributed by atoms with Crippen molar-refractivity contribution in [2.45, 2.75) is 26.8 Å². The fourth-order valence-electron chi connectivity index (χ4n) is 1.85. The van der Waals surface area contributed by atoms with Crippen LogP contribution in [0.3, 0.4) is 0 Å². The van der Waals surface area contributed by atoms with Gasteiger partial charge in [-0.3, -0.25) is 9.69 Å². The molecule has 1 fully saturated rings. The molecule has 0 saturated carbocycles. The van der Waals surface area contributed by atoms with E-state index in [-0.39, 0.29) is 5.92 Å². The van der Waals surface area contributed by atoms with Gasteiger partial charge in [-0.2, -0.15) is 12.7 Å². The van der Waals surface area contributed by atoms with Crippen molar-refractivity contribution in [3.05, 3.63) is 0 Å². The molecule has 1 unspecified atom stereocenters. The van der Waals surface area contributed by atoms with Crippen LogP contribution < -0.4 is 4.72 Å². The fraction of sp³-hybridized carbons (Fsp3) is 0.909. The molecule has 0 aliphatic carbocycles. The van der Waals surface area contributed by atoms with Gasteiger partial charge < -0.3 is 5.11 Å². The van der Waals surface area contributed by atoms with Gasteiger partial charge in [-0.25, -0.2) is 4.72 Å². The molecule has 0 radical (unpaired) electrons. The number of nitrogens with one attached hydrogen (secondary N) is 1. The first-order valence-electron chi connectivity index (χ1n) is 6.45. The molecule has 0 spiro atoms.